The van der Waals surface area contributed by atoms with Crippen molar-refractivity contribution in [2.75, 3.05) is 59.5 Å². The highest BCUT2D eigenvalue weighted by molar-refractivity contribution is 6.35. The van der Waals surface area contributed by atoms with Crippen molar-refractivity contribution in [3.8, 4) is 11.1 Å². The van der Waals surface area contributed by atoms with E-state index in [-0.39, 0.29) is 5.97 Å². The van der Waals surface area contributed by atoms with Crippen molar-refractivity contribution < 1.29 is 14.3 Å². The van der Waals surface area contributed by atoms with Gasteiger partial charge in [-0.05, 0) is 148 Å². The van der Waals surface area contributed by atoms with Gasteiger partial charge in [-0.1, -0.05) is 29.3 Å². The average molecular weight is 644 g/mol. The third-order valence-electron chi connectivity index (χ3n) is 10.0. The normalized spacial score (nSPS) is 20.1. The number of carbonyl (C=O) groups excluding carboxylic acids is 2. The molecule has 0 unspecified atom stereocenters. The second-order valence-electron chi connectivity index (χ2n) is 13.1. The minimum atomic E-state index is -0.113. The number of halogens is 2. The van der Waals surface area contributed by atoms with Crippen LogP contribution in [0, 0.1) is 17.8 Å². The lowest BCUT2D eigenvalue weighted by molar-refractivity contribution is -0.141. The van der Waals surface area contributed by atoms with E-state index < -0.39 is 0 Å². The monoisotopic (exact) mass is 642 g/mol. The molecule has 9 heteroatoms. The van der Waals surface area contributed by atoms with Gasteiger partial charge in [0, 0.05) is 36.2 Å². The molecule has 0 radical (unpaired) electrons. The van der Waals surface area contributed by atoms with Gasteiger partial charge in [-0.3, -0.25) is 19.4 Å². The lowest BCUT2D eigenvalue weighted by Crippen LogP contribution is -2.41. The molecule has 0 saturated carbocycles. The van der Waals surface area contributed by atoms with Crippen LogP contribution in [0.25, 0.3) is 11.1 Å². The Hall–Kier alpha value is -2.16. The number of hydrogen-bond donors (Lipinski definition) is 1. The van der Waals surface area contributed by atoms with Crippen LogP contribution in [0.4, 0.5) is 0 Å². The highest BCUT2D eigenvalue weighted by Crippen LogP contribution is 2.34. The minimum absolute atomic E-state index is 0.113. The number of esters is 1. The summed E-state index contributed by atoms with van der Waals surface area (Å²) < 4.78 is 4.81. The standard InChI is InChI=1S/C35H48Cl2N4O3/c1-44-35(43)8-15-39-11-4-29(5-12-39)30-6-13-41(14-7-30)24-28-16-27(23-40-9-2-26(3-10-40)22-38-25-42)17-31(18-28)32-19-33(36)21-34(37)20-32/h16-21,25-26,29-30H,2-15,22-24H2,1H3,(H,38,42). The number of likely N-dealkylation sites (tertiary alicyclic amines) is 3. The fraction of sp³-hybridized carbons (Fsp3) is 0.600. The largest absolute Gasteiger partial charge is 0.469 e. The molecule has 2 aromatic carbocycles. The van der Waals surface area contributed by atoms with Crippen LogP contribution in [0.5, 0.6) is 0 Å². The van der Waals surface area contributed by atoms with Crippen molar-refractivity contribution in [2.45, 2.75) is 58.0 Å². The van der Waals surface area contributed by atoms with Gasteiger partial charge in [0.1, 0.15) is 0 Å². The van der Waals surface area contributed by atoms with Gasteiger partial charge in [0.2, 0.25) is 6.41 Å². The molecule has 1 N–H and O–H groups in total. The first-order valence-corrected chi connectivity index (χ1v) is 17.1. The smallest absolute Gasteiger partial charge is 0.306 e. The van der Waals surface area contributed by atoms with Crippen molar-refractivity contribution in [2.24, 2.45) is 17.8 Å². The van der Waals surface area contributed by atoms with Crippen LogP contribution in [0.15, 0.2) is 36.4 Å². The maximum absolute atomic E-state index is 11.5. The molecule has 1 amide bonds. The van der Waals surface area contributed by atoms with E-state index in [0.717, 1.165) is 102 Å². The molecule has 3 saturated heterocycles. The molecule has 0 spiro atoms. The zero-order chi connectivity index (χ0) is 30.9. The molecule has 3 heterocycles. The number of rotatable bonds is 12. The zero-order valence-corrected chi connectivity index (χ0v) is 27.6. The fourth-order valence-corrected chi connectivity index (χ4v) is 8.02. The van der Waals surface area contributed by atoms with E-state index in [9.17, 15) is 9.59 Å². The molecule has 3 aliphatic rings. The number of hydrogen-bond acceptors (Lipinski definition) is 6. The van der Waals surface area contributed by atoms with Crippen LogP contribution in [0.3, 0.4) is 0 Å². The number of nitrogens with zero attached hydrogens (tertiary/aromatic N) is 3. The number of nitrogens with one attached hydrogen (secondary N) is 1. The quantitative estimate of drug-likeness (QED) is 0.223. The van der Waals surface area contributed by atoms with Gasteiger partial charge in [0.05, 0.1) is 13.5 Å². The van der Waals surface area contributed by atoms with E-state index in [1.165, 1.54) is 49.5 Å². The van der Waals surface area contributed by atoms with Crippen LogP contribution in [-0.2, 0) is 27.4 Å². The van der Waals surface area contributed by atoms with Gasteiger partial charge in [-0.25, -0.2) is 0 Å². The predicted molar refractivity (Wildman–Crippen MR) is 178 cm³/mol. The molecule has 44 heavy (non-hydrogen) atoms. The van der Waals surface area contributed by atoms with Gasteiger partial charge in [0.15, 0.2) is 0 Å². The highest BCUT2D eigenvalue weighted by atomic mass is 35.5. The summed E-state index contributed by atoms with van der Waals surface area (Å²) in [6, 6.07) is 12.8. The third kappa shape index (κ3) is 9.67. The Kier molecular flexibility index (Phi) is 12.4. The van der Waals surface area contributed by atoms with E-state index in [4.69, 9.17) is 27.9 Å². The molecule has 0 atom stereocenters. The lowest BCUT2D eigenvalue weighted by Gasteiger charge is -2.40. The Morgan fingerprint density at radius 2 is 1.27 bits per heavy atom. The van der Waals surface area contributed by atoms with E-state index in [1.807, 2.05) is 12.1 Å². The summed E-state index contributed by atoms with van der Waals surface area (Å²) in [5.74, 6) is 2.05. The molecule has 2 aromatic rings. The number of carbonyl (C=O) groups is 2. The number of ether oxygens (including phenoxy) is 1. The number of benzene rings is 2. The van der Waals surface area contributed by atoms with Crippen molar-refractivity contribution in [1.29, 1.82) is 0 Å². The molecule has 7 nitrogen and oxygen atoms in total. The van der Waals surface area contributed by atoms with E-state index in [2.05, 4.69) is 38.2 Å². The Bertz CT molecular complexity index is 1220. The molecule has 5 rings (SSSR count). The van der Waals surface area contributed by atoms with Gasteiger partial charge in [-0.2, -0.15) is 0 Å². The fourth-order valence-electron chi connectivity index (χ4n) is 7.49. The summed E-state index contributed by atoms with van der Waals surface area (Å²) in [6.45, 7) is 10.0. The average Bonchev–Trinajstić information content (AvgIpc) is 3.03. The van der Waals surface area contributed by atoms with Crippen molar-refractivity contribution in [1.82, 2.24) is 20.0 Å². The zero-order valence-electron chi connectivity index (χ0n) is 26.1. The molecule has 3 aliphatic heterocycles. The topological polar surface area (TPSA) is 65.1 Å². The lowest BCUT2D eigenvalue weighted by atomic mass is 9.78. The van der Waals surface area contributed by atoms with E-state index in [0.29, 0.717) is 22.4 Å². The number of piperidine rings is 3. The van der Waals surface area contributed by atoms with Crippen LogP contribution >= 0.6 is 23.2 Å². The second kappa shape index (κ2) is 16.4. The van der Waals surface area contributed by atoms with Gasteiger partial charge in [0.25, 0.3) is 0 Å². The minimum Gasteiger partial charge on any atom is -0.469 e. The van der Waals surface area contributed by atoms with Crippen molar-refractivity contribution in [3.63, 3.8) is 0 Å². The van der Waals surface area contributed by atoms with Crippen molar-refractivity contribution in [3.05, 3.63) is 57.6 Å². The molecule has 240 valence electrons. The first kappa shape index (κ1) is 33.2. The Morgan fingerprint density at radius 1 is 0.773 bits per heavy atom. The van der Waals surface area contributed by atoms with E-state index >= 15 is 0 Å². The molecular formula is C35H48Cl2N4O3. The Morgan fingerprint density at radius 3 is 1.80 bits per heavy atom. The van der Waals surface area contributed by atoms with E-state index in [1.54, 1.807) is 6.07 Å². The first-order chi connectivity index (χ1) is 21.4. The Labute approximate surface area is 273 Å². The van der Waals surface area contributed by atoms with Crippen LogP contribution in [0.2, 0.25) is 10.0 Å². The summed E-state index contributed by atoms with van der Waals surface area (Å²) in [7, 11) is 1.47. The molecule has 3 fully saturated rings. The summed E-state index contributed by atoms with van der Waals surface area (Å²) in [6.07, 6.45) is 8.52. The first-order valence-electron chi connectivity index (χ1n) is 16.4. The SMILES string of the molecule is COC(=O)CCN1CCC(C2CCN(Cc3cc(CN4CCC(CNC=O)CC4)cc(-c4cc(Cl)cc(Cl)c4)c3)CC2)CC1. The third-order valence-corrected chi connectivity index (χ3v) is 10.5. The van der Waals surface area contributed by atoms with Crippen LogP contribution < -0.4 is 5.32 Å². The van der Waals surface area contributed by atoms with Gasteiger partial charge >= 0.3 is 5.97 Å². The summed E-state index contributed by atoms with van der Waals surface area (Å²) >= 11 is 12.8. The Balaban J connectivity index is 1.19. The molecule has 0 aliphatic carbocycles. The number of methoxy groups -OCH3 is 1. The summed E-state index contributed by atoms with van der Waals surface area (Å²) in [5, 5.41) is 4.16. The van der Waals surface area contributed by atoms with Crippen molar-refractivity contribution >= 4 is 35.6 Å². The predicted octanol–water partition coefficient (Wildman–Crippen LogP) is 6.11. The summed E-state index contributed by atoms with van der Waals surface area (Å²) in [4.78, 5) is 29.8. The van der Waals surface area contributed by atoms with Crippen LogP contribution in [-0.4, -0.2) is 86.5 Å². The maximum atomic E-state index is 11.5. The van der Waals surface area contributed by atoms with Gasteiger partial charge in [-0.15, -0.1) is 0 Å². The van der Waals surface area contributed by atoms with Crippen LogP contribution in [0.1, 0.15) is 56.1 Å². The second-order valence-corrected chi connectivity index (χ2v) is 13.9. The molecule has 0 aromatic heterocycles. The maximum Gasteiger partial charge on any atom is 0.306 e. The van der Waals surface area contributed by atoms with Gasteiger partial charge < -0.3 is 15.0 Å². The highest BCUT2D eigenvalue weighted by Gasteiger charge is 2.30. The molecule has 0 bridgehead atoms. The number of amides is 1. The summed E-state index contributed by atoms with van der Waals surface area (Å²) in [5.41, 5.74) is 4.89. The molecular weight excluding hydrogens is 595 g/mol.